The number of fused-ring (bicyclic) bond motifs is 1. The first-order valence-electron chi connectivity index (χ1n) is 4.42. The molecule has 1 aromatic rings. The predicted molar refractivity (Wildman–Crippen MR) is 51.6 cm³/mol. The van der Waals surface area contributed by atoms with Crippen molar-refractivity contribution in [3.8, 4) is 0 Å². The maximum atomic E-state index is 9.76. The zero-order chi connectivity index (χ0) is 8.77. The predicted octanol–water partition coefficient (Wildman–Crippen LogP) is 2.46. The molecule has 0 atom stereocenters. The van der Waals surface area contributed by atoms with Crippen molar-refractivity contribution < 1.29 is 5.11 Å². The van der Waals surface area contributed by atoms with Crippen LogP contribution in [-0.4, -0.2) is 5.11 Å². The van der Waals surface area contributed by atoms with E-state index in [4.69, 9.17) is 0 Å². The molecular weight excluding hydrogens is 168 g/mol. The second kappa shape index (κ2) is 2.57. The van der Waals surface area contributed by atoms with Crippen molar-refractivity contribution in [3.05, 3.63) is 21.4 Å². The van der Waals surface area contributed by atoms with E-state index in [2.05, 4.69) is 6.07 Å². The van der Waals surface area contributed by atoms with Crippen LogP contribution in [0.25, 0.3) is 0 Å². The van der Waals surface area contributed by atoms with Crippen LogP contribution in [-0.2, 0) is 18.4 Å². The molecule has 1 N–H and O–H groups in total. The molecule has 0 aromatic carbocycles. The molecule has 1 aliphatic rings. The fourth-order valence-electron chi connectivity index (χ4n) is 1.63. The van der Waals surface area contributed by atoms with E-state index in [-0.39, 0.29) is 0 Å². The molecule has 0 radical (unpaired) electrons. The average molecular weight is 182 g/mol. The zero-order valence-corrected chi connectivity index (χ0v) is 8.37. The highest BCUT2D eigenvalue weighted by atomic mass is 32.1. The van der Waals surface area contributed by atoms with Crippen molar-refractivity contribution >= 4 is 11.3 Å². The van der Waals surface area contributed by atoms with Crippen LogP contribution in [0.15, 0.2) is 6.07 Å². The number of aliphatic hydroxyl groups is 1. The molecular formula is C10H14OS. The molecule has 12 heavy (non-hydrogen) atoms. The number of thiophene rings is 1. The molecule has 0 bridgehead atoms. The lowest BCUT2D eigenvalue weighted by Gasteiger charge is -2.14. The molecule has 1 heterocycles. The van der Waals surface area contributed by atoms with Crippen LogP contribution in [0.4, 0.5) is 0 Å². The molecule has 1 aliphatic carbocycles. The SMILES string of the molecule is CC(C)(O)c1cc2c(s1)CCC2. The van der Waals surface area contributed by atoms with Gasteiger partial charge >= 0.3 is 0 Å². The van der Waals surface area contributed by atoms with Gasteiger partial charge in [0.25, 0.3) is 0 Å². The Hall–Kier alpha value is -0.340. The van der Waals surface area contributed by atoms with Gasteiger partial charge < -0.3 is 5.11 Å². The van der Waals surface area contributed by atoms with Crippen molar-refractivity contribution in [2.45, 2.75) is 38.7 Å². The third kappa shape index (κ3) is 1.29. The highest BCUT2D eigenvalue weighted by Crippen LogP contribution is 2.35. The Morgan fingerprint density at radius 3 is 2.75 bits per heavy atom. The molecule has 0 unspecified atom stereocenters. The molecule has 2 heteroatoms. The van der Waals surface area contributed by atoms with Gasteiger partial charge in [0.1, 0.15) is 0 Å². The highest BCUT2D eigenvalue weighted by Gasteiger charge is 2.23. The quantitative estimate of drug-likeness (QED) is 0.707. The summed E-state index contributed by atoms with van der Waals surface area (Å²) < 4.78 is 0. The van der Waals surface area contributed by atoms with Crippen molar-refractivity contribution in [3.63, 3.8) is 0 Å². The van der Waals surface area contributed by atoms with E-state index in [1.165, 1.54) is 29.7 Å². The van der Waals surface area contributed by atoms with Crippen LogP contribution < -0.4 is 0 Å². The highest BCUT2D eigenvalue weighted by molar-refractivity contribution is 7.12. The van der Waals surface area contributed by atoms with Gasteiger partial charge in [0, 0.05) is 9.75 Å². The first-order valence-corrected chi connectivity index (χ1v) is 5.23. The summed E-state index contributed by atoms with van der Waals surface area (Å²) in [5.41, 5.74) is 0.826. The maximum Gasteiger partial charge on any atom is 0.0932 e. The van der Waals surface area contributed by atoms with Crippen LogP contribution in [0.2, 0.25) is 0 Å². The molecule has 66 valence electrons. The van der Waals surface area contributed by atoms with E-state index in [0.29, 0.717) is 0 Å². The molecule has 0 saturated carbocycles. The van der Waals surface area contributed by atoms with Gasteiger partial charge in [-0.15, -0.1) is 11.3 Å². The third-order valence-corrected chi connectivity index (χ3v) is 3.90. The largest absolute Gasteiger partial charge is 0.385 e. The summed E-state index contributed by atoms with van der Waals surface area (Å²) in [6.45, 7) is 3.71. The summed E-state index contributed by atoms with van der Waals surface area (Å²) in [5, 5.41) is 9.76. The van der Waals surface area contributed by atoms with Gasteiger partial charge in [-0.25, -0.2) is 0 Å². The van der Waals surface area contributed by atoms with Crippen LogP contribution in [0.5, 0.6) is 0 Å². The van der Waals surface area contributed by atoms with E-state index < -0.39 is 5.60 Å². The third-order valence-electron chi connectivity index (χ3n) is 2.35. The summed E-state index contributed by atoms with van der Waals surface area (Å²) >= 11 is 1.78. The first-order chi connectivity index (χ1) is 5.57. The van der Waals surface area contributed by atoms with Crippen LogP contribution in [0, 0.1) is 0 Å². The fraction of sp³-hybridized carbons (Fsp3) is 0.600. The van der Waals surface area contributed by atoms with Gasteiger partial charge in [-0.2, -0.15) is 0 Å². The Kier molecular flexibility index (Phi) is 1.77. The van der Waals surface area contributed by atoms with Crippen molar-refractivity contribution in [2.24, 2.45) is 0 Å². The van der Waals surface area contributed by atoms with Gasteiger partial charge in [0.05, 0.1) is 5.60 Å². The Labute approximate surface area is 77.0 Å². The monoisotopic (exact) mass is 182 g/mol. The van der Waals surface area contributed by atoms with Crippen molar-refractivity contribution in [1.82, 2.24) is 0 Å². The van der Waals surface area contributed by atoms with Gasteiger partial charge in [0.15, 0.2) is 0 Å². The standard InChI is InChI=1S/C10H14OS/c1-10(2,11)9-6-7-4-3-5-8(7)12-9/h6,11H,3-5H2,1-2H3. The Balaban J connectivity index is 2.38. The Morgan fingerprint density at radius 2 is 2.17 bits per heavy atom. The second-order valence-electron chi connectivity index (χ2n) is 3.97. The minimum atomic E-state index is -0.644. The molecule has 1 nitrogen and oxygen atoms in total. The van der Waals surface area contributed by atoms with Crippen LogP contribution in [0.3, 0.4) is 0 Å². The number of hydrogen-bond acceptors (Lipinski definition) is 2. The minimum Gasteiger partial charge on any atom is -0.385 e. The maximum absolute atomic E-state index is 9.76. The smallest absolute Gasteiger partial charge is 0.0932 e. The molecule has 1 aromatic heterocycles. The molecule has 0 aliphatic heterocycles. The minimum absolute atomic E-state index is 0.644. The summed E-state index contributed by atoms with van der Waals surface area (Å²) in [4.78, 5) is 2.61. The summed E-state index contributed by atoms with van der Waals surface area (Å²) in [5.74, 6) is 0. The van der Waals surface area contributed by atoms with Gasteiger partial charge in [-0.1, -0.05) is 0 Å². The normalized spacial score (nSPS) is 16.6. The summed E-state index contributed by atoms with van der Waals surface area (Å²) in [6.07, 6.45) is 3.73. The number of rotatable bonds is 1. The summed E-state index contributed by atoms with van der Waals surface area (Å²) in [6, 6.07) is 2.17. The fourth-order valence-corrected chi connectivity index (χ4v) is 2.89. The van der Waals surface area contributed by atoms with E-state index in [1.54, 1.807) is 11.3 Å². The molecule has 0 spiro atoms. The topological polar surface area (TPSA) is 20.2 Å². The van der Waals surface area contributed by atoms with E-state index in [9.17, 15) is 5.11 Å². The summed E-state index contributed by atoms with van der Waals surface area (Å²) in [7, 11) is 0. The molecule has 2 rings (SSSR count). The van der Waals surface area contributed by atoms with Crippen LogP contribution >= 0.6 is 11.3 Å². The van der Waals surface area contributed by atoms with Gasteiger partial charge in [-0.05, 0) is 44.7 Å². The lowest BCUT2D eigenvalue weighted by atomic mass is 10.1. The number of hydrogen-bond donors (Lipinski definition) is 1. The van der Waals surface area contributed by atoms with E-state index >= 15 is 0 Å². The zero-order valence-electron chi connectivity index (χ0n) is 7.55. The molecule has 0 saturated heterocycles. The molecule has 0 amide bonds. The Morgan fingerprint density at radius 1 is 1.42 bits per heavy atom. The van der Waals surface area contributed by atoms with Crippen molar-refractivity contribution in [2.75, 3.05) is 0 Å². The van der Waals surface area contributed by atoms with Gasteiger partial charge in [-0.3, -0.25) is 0 Å². The van der Waals surface area contributed by atoms with Gasteiger partial charge in [0.2, 0.25) is 0 Å². The van der Waals surface area contributed by atoms with E-state index in [0.717, 1.165) is 4.88 Å². The lowest BCUT2D eigenvalue weighted by Crippen LogP contribution is -2.13. The van der Waals surface area contributed by atoms with E-state index in [1.807, 2.05) is 13.8 Å². The first kappa shape index (κ1) is 8.27. The second-order valence-corrected chi connectivity index (χ2v) is 5.11. The number of aryl methyl sites for hydroxylation is 2. The lowest BCUT2D eigenvalue weighted by molar-refractivity contribution is 0.0825. The van der Waals surface area contributed by atoms with Crippen LogP contribution in [0.1, 0.15) is 35.6 Å². The average Bonchev–Trinajstić information content (AvgIpc) is 2.37. The molecule has 0 fully saturated rings. The Bertz CT molecular complexity index is 272. The van der Waals surface area contributed by atoms with Crippen molar-refractivity contribution in [1.29, 1.82) is 0 Å².